The Balaban J connectivity index is -0.0000000333. The molecule has 17 heavy (non-hydrogen) atoms. The second kappa shape index (κ2) is 17.5. The van der Waals surface area contributed by atoms with Gasteiger partial charge in [-0.2, -0.15) is 0 Å². The summed E-state index contributed by atoms with van der Waals surface area (Å²) < 4.78 is 15.1. The normalized spacial score (nSPS) is 8.76. The standard InChI is InChI=1S/C5H14NO4P.Ca.ClH.4H2O/c1-6(2,3)4-5-10-11(7,8)9;;;;;;/h4-5H2,1-3H3,(H-,7,8,9);;1H;4*1H2. The third kappa shape index (κ3) is 46.6. The summed E-state index contributed by atoms with van der Waals surface area (Å²) in [4.78, 5) is 16.6. The summed E-state index contributed by atoms with van der Waals surface area (Å²) in [5.74, 6) is 0. The second-order valence-electron chi connectivity index (χ2n) is 3.34. The zero-order valence-electron chi connectivity index (χ0n) is 10.1. The van der Waals surface area contributed by atoms with Crippen molar-refractivity contribution in [2.45, 2.75) is 0 Å². The fourth-order valence-electron chi connectivity index (χ4n) is 0.434. The Bertz CT molecular complexity index is 174. The molecule has 12 heteroatoms. The molecule has 0 aromatic carbocycles. The molecule has 0 fully saturated rings. The van der Waals surface area contributed by atoms with Crippen LogP contribution in [0.1, 0.15) is 0 Å². The molecule has 110 valence electrons. The topological polar surface area (TPSA) is 193 Å². The van der Waals surface area contributed by atoms with E-state index in [1.54, 1.807) is 0 Å². The van der Waals surface area contributed by atoms with Crippen LogP contribution in [0.5, 0.6) is 0 Å². The Morgan fingerprint density at radius 2 is 1.35 bits per heavy atom. The summed E-state index contributed by atoms with van der Waals surface area (Å²) in [5, 5.41) is 0. The molecule has 0 aromatic rings. The van der Waals surface area contributed by atoms with Crippen molar-refractivity contribution >= 4 is 45.6 Å². The van der Waals surface area contributed by atoms with E-state index >= 15 is 0 Å². The molecule has 0 aliphatic rings. The maximum Gasteiger partial charge on any atom is 0.469 e. The predicted octanol–water partition coefficient (Wildman–Crippen LogP) is -6.87. The van der Waals surface area contributed by atoms with Crippen molar-refractivity contribution in [2.75, 3.05) is 34.3 Å². The first-order chi connectivity index (χ1) is 4.71. The van der Waals surface area contributed by atoms with Gasteiger partial charge in [0.05, 0.1) is 21.1 Å². The Morgan fingerprint density at radius 1 is 1.06 bits per heavy atom. The van der Waals surface area contributed by atoms with Gasteiger partial charge in [0.1, 0.15) is 13.2 Å². The minimum absolute atomic E-state index is 0. The number of rotatable bonds is 4. The van der Waals surface area contributed by atoms with Gasteiger partial charge in [0.2, 0.25) is 0 Å². The fraction of sp³-hybridized carbons (Fsp3) is 1.00. The van der Waals surface area contributed by atoms with Crippen LogP contribution in [0.15, 0.2) is 0 Å². The van der Waals surface area contributed by atoms with Crippen LogP contribution in [0.4, 0.5) is 0 Å². The second-order valence-corrected chi connectivity index (χ2v) is 4.58. The number of hydrogen-bond acceptors (Lipinski definition) is 2. The Hall–Kier alpha value is 1.46. The van der Waals surface area contributed by atoms with E-state index in [1.807, 2.05) is 21.1 Å². The fourth-order valence-corrected chi connectivity index (χ4v) is 0.753. The molecule has 0 aliphatic carbocycles. The van der Waals surface area contributed by atoms with Gasteiger partial charge in [0, 0.05) is 37.7 Å². The number of phosphoric ester groups is 1. The monoisotopic (exact) mass is 331 g/mol. The van der Waals surface area contributed by atoms with Gasteiger partial charge >= 0.3 is 7.82 Å². The zero-order chi connectivity index (χ0) is 9.12. The van der Waals surface area contributed by atoms with Crippen molar-refractivity contribution in [3.63, 3.8) is 0 Å². The molecule has 0 heterocycles. The number of likely N-dealkylation sites (N-methyl/N-ethyl adjacent to an activating group) is 1. The number of quaternary nitrogens is 1. The van der Waals surface area contributed by atoms with E-state index < -0.39 is 7.82 Å². The smallest absolute Gasteiger partial charge is 0.469 e. The molecule has 0 amide bonds. The largest absolute Gasteiger partial charge is 1.00 e. The Kier molecular flexibility index (Phi) is 44.0. The average molecular weight is 332 g/mol. The van der Waals surface area contributed by atoms with Crippen LogP contribution in [-0.2, 0) is 9.09 Å². The van der Waals surface area contributed by atoms with Crippen LogP contribution in [0.25, 0.3) is 0 Å². The molecule has 0 atom stereocenters. The molecule has 0 aromatic heterocycles. The van der Waals surface area contributed by atoms with Crippen LogP contribution in [0.2, 0.25) is 0 Å². The first kappa shape index (κ1) is 42.9. The third-order valence-electron chi connectivity index (χ3n) is 1.02. The van der Waals surface area contributed by atoms with Crippen molar-refractivity contribution in [1.82, 2.24) is 0 Å². The molecule has 10 N–H and O–H groups in total. The minimum Gasteiger partial charge on any atom is -1.00 e. The van der Waals surface area contributed by atoms with Crippen molar-refractivity contribution in [1.29, 1.82) is 0 Å². The molecule has 0 rings (SSSR count). The molecule has 0 aliphatic heterocycles. The maximum absolute atomic E-state index is 10.2. The number of halogens is 1. The summed E-state index contributed by atoms with van der Waals surface area (Å²) in [5.41, 5.74) is 0. The molecule has 0 saturated carbocycles. The summed E-state index contributed by atoms with van der Waals surface area (Å²) in [7, 11) is 1.50. The summed E-state index contributed by atoms with van der Waals surface area (Å²) in [6, 6.07) is 0. The van der Waals surface area contributed by atoms with Gasteiger partial charge in [-0.15, -0.1) is 0 Å². The van der Waals surface area contributed by atoms with E-state index in [0.717, 1.165) is 0 Å². The number of hydrogen-bond donors (Lipinski definition) is 2. The van der Waals surface area contributed by atoms with Crippen molar-refractivity contribution in [3.05, 3.63) is 0 Å². The Morgan fingerprint density at radius 3 is 1.53 bits per heavy atom. The van der Waals surface area contributed by atoms with Crippen molar-refractivity contribution in [3.8, 4) is 0 Å². The van der Waals surface area contributed by atoms with Crippen LogP contribution < -0.4 is 12.4 Å². The van der Waals surface area contributed by atoms with Gasteiger partial charge in [0.15, 0.2) is 0 Å². The molecule has 0 bridgehead atoms. The summed E-state index contributed by atoms with van der Waals surface area (Å²) in [6.45, 7) is 0.652. The Labute approximate surface area is 137 Å². The zero-order valence-corrected chi connectivity index (χ0v) is 14.0. The quantitative estimate of drug-likeness (QED) is 0.294. The predicted molar refractivity (Wildman–Crippen MR) is 61.1 cm³/mol. The van der Waals surface area contributed by atoms with E-state index in [9.17, 15) is 4.57 Å². The average Bonchev–Trinajstić information content (AvgIpc) is 1.55. The first-order valence-electron chi connectivity index (χ1n) is 3.21. The summed E-state index contributed by atoms with van der Waals surface area (Å²) >= 11 is 0. The number of nitrogens with zero attached hydrogens (tertiary/aromatic N) is 1. The molecule has 0 saturated heterocycles. The number of phosphoric acid groups is 1. The van der Waals surface area contributed by atoms with Gasteiger partial charge < -0.3 is 48.6 Å². The van der Waals surface area contributed by atoms with E-state index in [2.05, 4.69) is 4.52 Å². The molecular weight excluding hydrogens is 309 g/mol. The van der Waals surface area contributed by atoms with E-state index in [0.29, 0.717) is 11.0 Å². The van der Waals surface area contributed by atoms with Gasteiger partial charge in [-0.25, -0.2) is 4.57 Å². The SMILES string of the molecule is C[N+](C)(C)CCOP(=O)(O)O.O.O.O.O.[Ca].[Cl-]. The molecule has 2 radical (unpaired) electrons. The van der Waals surface area contributed by atoms with Crippen LogP contribution in [-0.4, -0.2) is 108 Å². The van der Waals surface area contributed by atoms with E-state index in [-0.39, 0.29) is 78.7 Å². The molecule has 0 spiro atoms. The summed E-state index contributed by atoms with van der Waals surface area (Å²) in [6.07, 6.45) is 0. The van der Waals surface area contributed by atoms with Crippen molar-refractivity contribution in [2.24, 2.45) is 0 Å². The van der Waals surface area contributed by atoms with Gasteiger partial charge in [0.25, 0.3) is 0 Å². The van der Waals surface area contributed by atoms with Gasteiger partial charge in [-0.1, -0.05) is 0 Å². The van der Waals surface area contributed by atoms with Crippen LogP contribution in [0.3, 0.4) is 0 Å². The third-order valence-corrected chi connectivity index (χ3v) is 1.54. The van der Waals surface area contributed by atoms with Gasteiger partial charge in [-0.05, 0) is 0 Å². The van der Waals surface area contributed by atoms with Crippen LogP contribution in [0, 0.1) is 0 Å². The van der Waals surface area contributed by atoms with Crippen molar-refractivity contribution < 1.29 is 57.7 Å². The van der Waals surface area contributed by atoms with E-state index in [4.69, 9.17) is 9.79 Å². The van der Waals surface area contributed by atoms with E-state index in [1.165, 1.54) is 0 Å². The van der Waals surface area contributed by atoms with Crippen LogP contribution >= 0.6 is 7.82 Å². The molecule has 0 unspecified atom stereocenters. The first-order valence-corrected chi connectivity index (χ1v) is 4.74. The maximum atomic E-state index is 10.2. The minimum atomic E-state index is -4.26. The molecular formula is C5H23CaClNO8P. The molecule has 9 nitrogen and oxygen atoms in total. The van der Waals surface area contributed by atoms with Gasteiger partial charge in [-0.3, -0.25) is 4.52 Å².